The zero-order chi connectivity index (χ0) is 19.6. The van der Waals surface area contributed by atoms with Crippen molar-refractivity contribution < 1.29 is 29.1 Å². The molecule has 0 bridgehead atoms. The van der Waals surface area contributed by atoms with E-state index in [9.17, 15) is 24.0 Å². The van der Waals surface area contributed by atoms with E-state index in [2.05, 4.69) is 16.0 Å². The number of hydrogen-bond donors (Lipinski definition) is 6. The van der Waals surface area contributed by atoms with Crippen LogP contribution in [0.2, 0.25) is 0 Å². The van der Waals surface area contributed by atoms with Crippen LogP contribution in [0.1, 0.15) is 26.7 Å². The van der Waals surface area contributed by atoms with Gasteiger partial charge in [0.1, 0.15) is 18.6 Å². The molecule has 0 radical (unpaired) electrons. The monoisotopic (exact) mass is 359 g/mol. The first kappa shape index (κ1) is 22.3. The van der Waals surface area contributed by atoms with Crippen molar-refractivity contribution in [3.05, 3.63) is 0 Å². The van der Waals surface area contributed by atoms with Crippen LogP contribution in [-0.2, 0) is 24.0 Å². The quantitative estimate of drug-likeness (QED) is 0.227. The number of aliphatic carboxylic acids is 1. The first-order valence-electron chi connectivity index (χ1n) is 7.66. The van der Waals surface area contributed by atoms with Gasteiger partial charge in [-0.3, -0.25) is 24.0 Å². The standard InChI is InChI=1S/C14H25N5O6/c1-7(2)12(14(25)17-6-11(22)23)19-13(24)8(3-4-9(16)20)18-10(21)5-15/h7-8,12H,3-6,15H2,1-2H3,(H2,16,20)(H,17,25)(H,18,21)(H,19,24)(H,22,23). The second-order valence-electron chi connectivity index (χ2n) is 5.67. The fraction of sp³-hybridized carbons (Fsp3) is 0.643. The maximum atomic E-state index is 12.3. The van der Waals surface area contributed by atoms with Crippen LogP contribution in [0, 0.1) is 5.92 Å². The normalized spacial score (nSPS) is 12.8. The highest BCUT2D eigenvalue weighted by Crippen LogP contribution is 2.05. The number of carbonyl (C=O) groups is 5. The van der Waals surface area contributed by atoms with E-state index in [-0.39, 0.29) is 25.3 Å². The molecule has 0 saturated carbocycles. The van der Waals surface area contributed by atoms with Gasteiger partial charge in [0.15, 0.2) is 0 Å². The number of rotatable bonds is 11. The molecule has 0 aromatic heterocycles. The van der Waals surface area contributed by atoms with E-state index in [0.29, 0.717) is 0 Å². The van der Waals surface area contributed by atoms with Crippen LogP contribution in [0.4, 0.5) is 0 Å². The molecule has 0 rings (SSSR count). The first-order valence-corrected chi connectivity index (χ1v) is 7.66. The lowest BCUT2D eigenvalue weighted by Gasteiger charge is -2.25. The predicted octanol–water partition coefficient (Wildman–Crippen LogP) is -2.96. The summed E-state index contributed by atoms with van der Waals surface area (Å²) in [5.41, 5.74) is 10.2. The average Bonchev–Trinajstić information content (AvgIpc) is 2.52. The largest absolute Gasteiger partial charge is 0.480 e. The van der Waals surface area contributed by atoms with Crippen LogP contribution in [0.25, 0.3) is 0 Å². The number of primary amides is 1. The number of nitrogens with two attached hydrogens (primary N) is 2. The molecule has 0 saturated heterocycles. The van der Waals surface area contributed by atoms with Gasteiger partial charge in [-0.25, -0.2) is 0 Å². The molecule has 142 valence electrons. The van der Waals surface area contributed by atoms with Crippen molar-refractivity contribution in [1.29, 1.82) is 0 Å². The molecular formula is C14H25N5O6. The first-order chi connectivity index (χ1) is 11.6. The fourth-order valence-corrected chi connectivity index (χ4v) is 1.87. The van der Waals surface area contributed by atoms with Crippen molar-refractivity contribution in [3.63, 3.8) is 0 Å². The number of hydrogen-bond acceptors (Lipinski definition) is 6. The fourth-order valence-electron chi connectivity index (χ4n) is 1.87. The SMILES string of the molecule is CC(C)C(NC(=O)C(CCC(N)=O)NC(=O)CN)C(=O)NCC(=O)O. The highest BCUT2D eigenvalue weighted by atomic mass is 16.4. The topological polar surface area (TPSA) is 194 Å². The van der Waals surface area contributed by atoms with Crippen molar-refractivity contribution in [3.8, 4) is 0 Å². The van der Waals surface area contributed by atoms with Crippen LogP contribution in [0.15, 0.2) is 0 Å². The van der Waals surface area contributed by atoms with E-state index < -0.39 is 48.2 Å². The molecule has 11 nitrogen and oxygen atoms in total. The second-order valence-corrected chi connectivity index (χ2v) is 5.67. The molecule has 0 aliphatic heterocycles. The summed E-state index contributed by atoms with van der Waals surface area (Å²) in [7, 11) is 0. The zero-order valence-corrected chi connectivity index (χ0v) is 14.2. The van der Waals surface area contributed by atoms with Crippen LogP contribution < -0.4 is 27.4 Å². The highest BCUT2D eigenvalue weighted by Gasteiger charge is 2.28. The van der Waals surface area contributed by atoms with Gasteiger partial charge in [0.2, 0.25) is 23.6 Å². The molecule has 8 N–H and O–H groups in total. The van der Waals surface area contributed by atoms with Gasteiger partial charge in [0.05, 0.1) is 6.54 Å². The van der Waals surface area contributed by atoms with Gasteiger partial charge in [-0.2, -0.15) is 0 Å². The summed E-state index contributed by atoms with van der Waals surface area (Å²) in [5, 5.41) is 15.6. The van der Waals surface area contributed by atoms with Crippen molar-refractivity contribution in [2.75, 3.05) is 13.1 Å². The summed E-state index contributed by atoms with van der Waals surface area (Å²) >= 11 is 0. The minimum Gasteiger partial charge on any atom is -0.480 e. The third-order valence-corrected chi connectivity index (χ3v) is 3.18. The Hall–Kier alpha value is -2.69. The molecule has 0 aromatic rings. The van der Waals surface area contributed by atoms with E-state index in [1.165, 1.54) is 0 Å². The Bertz CT molecular complexity index is 522. The van der Waals surface area contributed by atoms with E-state index in [1.54, 1.807) is 13.8 Å². The van der Waals surface area contributed by atoms with Gasteiger partial charge >= 0.3 is 5.97 Å². The lowest BCUT2D eigenvalue weighted by Crippen LogP contribution is -2.56. The predicted molar refractivity (Wildman–Crippen MR) is 86.8 cm³/mol. The number of amides is 4. The van der Waals surface area contributed by atoms with E-state index in [0.717, 1.165) is 0 Å². The summed E-state index contributed by atoms with van der Waals surface area (Å²) < 4.78 is 0. The third kappa shape index (κ3) is 9.25. The molecule has 0 aliphatic carbocycles. The zero-order valence-electron chi connectivity index (χ0n) is 14.2. The Morgan fingerprint density at radius 1 is 1.04 bits per heavy atom. The molecular weight excluding hydrogens is 334 g/mol. The Labute approximate surface area is 144 Å². The molecule has 0 fully saturated rings. The maximum Gasteiger partial charge on any atom is 0.322 e. The van der Waals surface area contributed by atoms with Gasteiger partial charge in [0.25, 0.3) is 0 Å². The van der Waals surface area contributed by atoms with E-state index >= 15 is 0 Å². The lowest BCUT2D eigenvalue weighted by atomic mass is 10.0. The Morgan fingerprint density at radius 2 is 1.64 bits per heavy atom. The summed E-state index contributed by atoms with van der Waals surface area (Å²) in [6, 6.07) is -2.12. The molecule has 0 aromatic carbocycles. The van der Waals surface area contributed by atoms with Crippen LogP contribution >= 0.6 is 0 Å². The maximum absolute atomic E-state index is 12.3. The third-order valence-electron chi connectivity index (χ3n) is 3.18. The summed E-state index contributed by atoms with van der Waals surface area (Å²) in [5.74, 6) is -4.21. The van der Waals surface area contributed by atoms with Crippen LogP contribution in [0.3, 0.4) is 0 Å². The van der Waals surface area contributed by atoms with Gasteiger partial charge in [-0.05, 0) is 12.3 Å². The Kier molecular flexibility index (Phi) is 9.79. The Morgan fingerprint density at radius 3 is 2.08 bits per heavy atom. The van der Waals surface area contributed by atoms with Crippen molar-refractivity contribution >= 4 is 29.6 Å². The van der Waals surface area contributed by atoms with Crippen molar-refractivity contribution in [2.24, 2.45) is 17.4 Å². The van der Waals surface area contributed by atoms with Gasteiger partial charge in [-0.15, -0.1) is 0 Å². The van der Waals surface area contributed by atoms with Crippen LogP contribution in [0.5, 0.6) is 0 Å². The summed E-state index contributed by atoms with van der Waals surface area (Å²) in [6.07, 6.45) is -0.213. The molecule has 2 atom stereocenters. The smallest absolute Gasteiger partial charge is 0.322 e. The molecule has 4 amide bonds. The van der Waals surface area contributed by atoms with Crippen LogP contribution in [-0.4, -0.2) is 59.9 Å². The Balaban J connectivity index is 5.03. The molecule has 0 heterocycles. The minimum atomic E-state index is -1.23. The molecule has 11 heteroatoms. The molecule has 0 aliphatic rings. The van der Waals surface area contributed by atoms with Gasteiger partial charge in [0, 0.05) is 6.42 Å². The minimum absolute atomic E-state index is 0.0610. The van der Waals surface area contributed by atoms with Crippen molar-refractivity contribution in [2.45, 2.75) is 38.8 Å². The van der Waals surface area contributed by atoms with Crippen molar-refractivity contribution in [1.82, 2.24) is 16.0 Å². The number of carboxylic acids is 1. The number of carbonyl (C=O) groups excluding carboxylic acids is 4. The average molecular weight is 359 g/mol. The number of carboxylic acid groups (broad SMARTS) is 1. The molecule has 0 spiro atoms. The van der Waals surface area contributed by atoms with E-state index in [4.69, 9.17) is 16.6 Å². The van der Waals surface area contributed by atoms with E-state index in [1.807, 2.05) is 0 Å². The second kappa shape index (κ2) is 11.0. The summed E-state index contributed by atoms with van der Waals surface area (Å²) in [4.78, 5) is 57.2. The molecule has 2 unspecified atom stereocenters. The molecule has 25 heavy (non-hydrogen) atoms. The van der Waals surface area contributed by atoms with Gasteiger partial charge < -0.3 is 32.5 Å². The summed E-state index contributed by atoms with van der Waals surface area (Å²) in [6.45, 7) is 2.37. The number of nitrogens with one attached hydrogen (secondary N) is 3. The highest BCUT2D eigenvalue weighted by molar-refractivity contribution is 5.93. The van der Waals surface area contributed by atoms with Gasteiger partial charge in [-0.1, -0.05) is 13.8 Å². The lowest BCUT2D eigenvalue weighted by molar-refractivity contribution is -0.138.